The Bertz CT molecular complexity index is 218. The molecule has 0 radical (unpaired) electrons. The Balaban J connectivity index is 2.36. The summed E-state index contributed by atoms with van der Waals surface area (Å²) in [5, 5.41) is 9.71. The van der Waals surface area contributed by atoms with E-state index in [0.29, 0.717) is 13.1 Å². The van der Waals surface area contributed by atoms with E-state index in [1.54, 1.807) is 0 Å². The van der Waals surface area contributed by atoms with Crippen LogP contribution in [0.1, 0.15) is 20.3 Å². The van der Waals surface area contributed by atoms with Crippen LogP contribution in [0, 0.1) is 5.92 Å². The summed E-state index contributed by atoms with van der Waals surface area (Å²) in [7, 11) is 0. The second kappa shape index (κ2) is 4.25. The molecular weight excluding hydrogens is 182 g/mol. The van der Waals surface area contributed by atoms with Gasteiger partial charge in [-0.05, 0) is 13.3 Å². The highest BCUT2D eigenvalue weighted by atomic mass is 16.3. The number of β-amino-alcohol motifs (C(OH)–C–C–N with tert-alkyl or cyclic N) is 1. The molecule has 5 nitrogen and oxygen atoms in total. The molecule has 0 saturated carbocycles. The Labute approximate surface area is 84.2 Å². The van der Waals surface area contributed by atoms with E-state index >= 15 is 0 Å². The lowest BCUT2D eigenvalue weighted by Crippen LogP contribution is -2.40. The standard InChI is InChI=1S/C9H19N3O2/c1-7(8(13)11-10)5-12-4-3-9(2,14)6-12/h7,14H,3-6,10H2,1-2H3,(H,11,13). The van der Waals surface area contributed by atoms with Crippen LogP contribution in [0.3, 0.4) is 0 Å². The largest absolute Gasteiger partial charge is 0.389 e. The van der Waals surface area contributed by atoms with Gasteiger partial charge in [-0.15, -0.1) is 0 Å². The monoisotopic (exact) mass is 201 g/mol. The zero-order chi connectivity index (χ0) is 10.8. The molecule has 0 bridgehead atoms. The average molecular weight is 201 g/mol. The number of hydrazine groups is 1. The van der Waals surface area contributed by atoms with Crippen LogP contribution in [0.5, 0.6) is 0 Å². The second-order valence-electron chi connectivity index (χ2n) is 4.39. The van der Waals surface area contributed by atoms with Crippen molar-refractivity contribution in [2.75, 3.05) is 19.6 Å². The minimum atomic E-state index is -0.598. The molecule has 14 heavy (non-hydrogen) atoms. The lowest BCUT2D eigenvalue weighted by Gasteiger charge is -2.21. The summed E-state index contributed by atoms with van der Waals surface area (Å²) in [6.07, 6.45) is 0.768. The van der Waals surface area contributed by atoms with Gasteiger partial charge in [-0.1, -0.05) is 6.92 Å². The van der Waals surface area contributed by atoms with Crippen LogP contribution in [0.2, 0.25) is 0 Å². The molecule has 82 valence electrons. The first-order chi connectivity index (χ1) is 6.44. The van der Waals surface area contributed by atoms with Crippen molar-refractivity contribution in [1.82, 2.24) is 10.3 Å². The van der Waals surface area contributed by atoms with Crippen molar-refractivity contribution >= 4 is 5.91 Å². The average Bonchev–Trinajstić information content (AvgIpc) is 2.44. The molecule has 1 fully saturated rings. The van der Waals surface area contributed by atoms with Gasteiger partial charge in [0.25, 0.3) is 0 Å². The summed E-state index contributed by atoms with van der Waals surface area (Å²) in [6, 6.07) is 0. The number of carbonyl (C=O) groups is 1. The van der Waals surface area contributed by atoms with Crippen molar-refractivity contribution in [3.8, 4) is 0 Å². The molecule has 1 aliphatic heterocycles. The molecule has 1 heterocycles. The lowest BCUT2D eigenvalue weighted by atomic mass is 10.1. The minimum Gasteiger partial charge on any atom is -0.389 e. The topological polar surface area (TPSA) is 78.6 Å². The molecule has 2 atom stereocenters. The molecule has 5 heteroatoms. The molecule has 1 saturated heterocycles. The maximum atomic E-state index is 11.1. The summed E-state index contributed by atoms with van der Waals surface area (Å²) < 4.78 is 0. The molecule has 4 N–H and O–H groups in total. The number of amides is 1. The van der Waals surface area contributed by atoms with E-state index in [0.717, 1.165) is 13.0 Å². The first kappa shape index (κ1) is 11.4. The first-order valence-electron chi connectivity index (χ1n) is 4.90. The number of aliphatic hydroxyl groups is 1. The van der Waals surface area contributed by atoms with Gasteiger partial charge < -0.3 is 5.11 Å². The maximum absolute atomic E-state index is 11.1. The number of nitrogens with zero attached hydrogens (tertiary/aromatic N) is 1. The number of likely N-dealkylation sites (tertiary alicyclic amines) is 1. The molecule has 0 spiro atoms. The Morgan fingerprint density at radius 1 is 1.79 bits per heavy atom. The lowest BCUT2D eigenvalue weighted by molar-refractivity contribution is -0.125. The van der Waals surface area contributed by atoms with Crippen LogP contribution in [0.4, 0.5) is 0 Å². The van der Waals surface area contributed by atoms with E-state index in [1.807, 2.05) is 13.8 Å². The highest BCUT2D eigenvalue weighted by molar-refractivity contribution is 5.77. The smallest absolute Gasteiger partial charge is 0.237 e. The number of rotatable bonds is 3. The third-order valence-corrected chi connectivity index (χ3v) is 2.65. The van der Waals surface area contributed by atoms with Crippen LogP contribution in [0.15, 0.2) is 0 Å². The minimum absolute atomic E-state index is 0.131. The summed E-state index contributed by atoms with van der Waals surface area (Å²) >= 11 is 0. The Morgan fingerprint density at radius 2 is 2.43 bits per heavy atom. The van der Waals surface area contributed by atoms with Crippen LogP contribution in [-0.2, 0) is 4.79 Å². The van der Waals surface area contributed by atoms with Gasteiger partial charge in [0.2, 0.25) is 5.91 Å². The van der Waals surface area contributed by atoms with Gasteiger partial charge in [0.1, 0.15) is 0 Å². The summed E-state index contributed by atoms with van der Waals surface area (Å²) in [4.78, 5) is 13.2. The molecule has 0 aromatic carbocycles. The third-order valence-electron chi connectivity index (χ3n) is 2.65. The molecule has 1 aliphatic rings. The number of carbonyl (C=O) groups excluding carboxylic acids is 1. The fourth-order valence-corrected chi connectivity index (χ4v) is 1.81. The summed E-state index contributed by atoms with van der Waals surface area (Å²) in [6.45, 7) is 5.78. The van der Waals surface area contributed by atoms with Gasteiger partial charge >= 0.3 is 0 Å². The van der Waals surface area contributed by atoms with Gasteiger partial charge in [-0.3, -0.25) is 15.1 Å². The Hall–Kier alpha value is -0.650. The zero-order valence-electron chi connectivity index (χ0n) is 8.79. The highest BCUT2D eigenvalue weighted by Crippen LogP contribution is 2.20. The predicted molar refractivity (Wildman–Crippen MR) is 53.2 cm³/mol. The van der Waals surface area contributed by atoms with Gasteiger partial charge in [0.05, 0.1) is 5.60 Å². The molecule has 0 aliphatic carbocycles. The van der Waals surface area contributed by atoms with E-state index < -0.39 is 5.60 Å². The quantitative estimate of drug-likeness (QED) is 0.313. The van der Waals surface area contributed by atoms with Crippen molar-refractivity contribution < 1.29 is 9.90 Å². The summed E-state index contributed by atoms with van der Waals surface area (Å²) in [5.74, 6) is 4.75. The van der Waals surface area contributed by atoms with Crippen molar-refractivity contribution in [2.45, 2.75) is 25.9 Å². The highest BCUT2D eigenvalue weighted by Gasteiger charge is 2.32. The van der Waals surface area contributed by atoms with Crippen molar-refractivity contribution in [3.05, 3.63) is 0 Å². The molecule has 2 unspecified atom stereocenters. The van der Waals surface area contributed by atoms with Gasteiger partial charge in [-0.25, -0.2) is 5.84 Å². The maximum Gasteiger partial charge on any atom is 0.237 e. The van der Waals surface area contributed by atoms with E-state index in [2.05, 4.69) is 10.3 Å². The molecule has 0 aromatic heterocycles. The number of nitrogens with two attached hydrogens (primary N) is 1. The molecule has 1 amide bonds. The fourth-order valence-electron chi connectivity index (χ4n) is 1.81. The van der Waals surface area contributed by atoms with Crippen molar-refractivity contribution in [3.63, 3.8) is 0 Å². The number of hydrogen-bond donors (Lipinski definition) is 3. The van der Waals surface area contributed by atoms with Crippen LogP contribution in [-0.4, -0.2) is 41.1 Å². The fraction of sp³-hybridized carbons (Fsp3) is 0.889. The van der Waals surface area contributed by atoms with Gasteiger partial charge in [0, 0.05) is 25.6 Å². The van der Waals surface area contributed by atoms with Crippen LogP contribution in [0.25, 0.3) is 0 Å². The predicted octanol–water partition coefficient (Wildman–Crippen LogP) is -0.931. The molecule has 0 aromatic rings. The third kappa shape index (κ3) is 2.94. The zero-order valence-corrected chi connectivity index (χ0v) is 8.79. The molecule has 1 rings (SSSR count). The van der Waals surface area contributed by atoms with Crippen LogP contribution >= 0.6 is 0 Å². The van der Waals surface area contributed by atoms with Crippen molar-refractivity contribution in [1.29, 1.82) is 0 Å². The first-order valence-corrected chi connectivity index (χ1v) is 4.90. The SMILES string of the molecule is CC(CN1CCC(C)(O)C1)C(=O)NN. The molecular formula is C9H19N3O2. The van der Waals surface area contributed by atoms with Crippen LogP contribution < -0.4 is 11.3 Å². The number of hydrogen-bond acceptors (Lipinski definition) is 4. The second-order valence-corrected chi connectivity index (χ2v) is 4.39. The Morgan fingerprint density at radius 3 is 2.86 bits per heavy atom. The van der Waals surface area contributed by atoms with Crippen molar-refractivity contribution in [2.24, 2.45) is 11.8 Å². The Kier molecular flexibility index (Phi) is 3.47. The van der Waals surface area contributed by atoms with E-state index in [4.69, 9.17) is 5.84 Å². The van der Waals surface area contributed by atoms with Gasteiger partial charge in [-0.2, -0.15) is 0 Å². The normalized spacial score (nSPS) is 30.3. The van der Waals surface area contributed by atoms with E-state index in [-0.39, 0.29) is 11.8 Å². The number of nitrogens with one attached hydrogen (secondary N) is 1. The van der Waals surface area contributed by atoms with E-state index in [9.17, 15) is 9.90 Å². The van der Waals surface area contributed by atoms with Gasteiger partial charge in [0.15, 0.2) is 0 Å². The van der Waals surface area contributed by atoms with E-state index in [1.165, 1.54) is 0 Å². The summed E-state index contributed by atoms with van der Waals surface area (Å²) in [5.41, 5.74) is 1.53.